The van der Waals surface area contributed by atoms with Gasteiger partial charge in [-0.15, -0.1) is 0 Å². The molecule has 0 unspecified atom stereocenters. The Labute approximate surface area is 132 Å². The molecule has 1 aromatic rings. The number of aromatic amines is 1. The zero-order valence-electron chi connectivity index (χ0n) is 14.0. The van der Waals surface area contributed by atoms with Gasteiger partial charge in [0.05, 0.1) is 0 Å². The van der Waals surface area contributed by atoms with Crippen molar-refractivity contribution in [2.75, 3.05) is 19.6 Å². The summed E-state index contributed by atoms with van der Waals surface area (Å²) in [7, 11) is 0. The number of hydrogen-bond donors (Lipinski definition) is 2. The highest BCUT2D eigenvalue weighted by Crippen LogP contribution is 2.20. The Bertz CT molecular complexity index is 572. The van der Waals surface area contributed by atoms with Crippen molar-refractivity contribution >= 4 is 5.91 Å². The third-order valence-electron chi connectivity index (χ3n) is 4.15. The van der Waals surface area contributed by atoms with E-state index in [0.29, 0.717) is 11.8 Å². The van der Waals surface area contributed by atoms with Crippen molar-refractivity contribution in [2.24, 2.45) is 11.8 Å². The quantitative estimate of drug-likeness (QED) is 0.891. The lowest BCUT2D eigenvalue weighted by Gasteiger charge is -2.36. The number of H-pyrrole nitrogens is 1. The summed E-state index contributed by atoms with van der Waals surface area (Å²) in [6.45, 7) is 11.3. The van der Waals surface area contributed by atoms with Gasteiger partial charge in [0, 0.05) is 31.4 Å². The van der Waals surface area contributed by atoms with Crippen LogP contribution in [0, 0.1) is 18.8 Å². The number of nitrogens with one attached hydrogen (secondary N) is 2. The van der Waals surface area contributed by atoms with Gasteiger partial charge >= 0.3 is 0 Å². The van der Waals surface area contributed by atoms with Gasteiger partial charge in [0.2, 0.25) is 0 Å². The van der Waals surface area contributed by atoms with E-state index >= 15 is 0 Å². The van der Waals surface area contributed by atoms with Gasteiger partial charge < -0.3 is 15.2 Å². The minimum atomic E-state index is -0.329. The van der Waals surface area contributed by atoms with E-state index in [-0.39, 0.29) is 23.1 Å². The maximum Gasteiger partial charge on any atom is 0.260 e. The second-order valence-electron chi connectivity index (χ2n) is 6.92. The van der Waals surface area contributed by atoms with Crippen LogP contribution in [0.1, 0.15) is 43.2 Å². The molecule has 1 aliphatic rings. The van der Waals surface area contributed by atoms with Crippen molar-refractivity contribution in [3.63, 3.8) is 0 Å². The number of aryl methyl sites for hydroxylation is 1. The summed E-state index contributed by atoms with van der Waals surface area (Å²) in [4.78, 5) is 29.1. The predicted molar refractivity (Wildman–Crippen MR) is 88.1 cm³/mol. The van der Waals surface area contributed by atoms with Crippen LogP contribution in [0.25, 0.3) is 0 Å². The van der Waals surface area contributed by atoms with Gasteiger partial charge in [-0.25, -0.2) is 0 Å². The van der Waals surface area contributed by atoms with E-state index in [0.717, 1.165) is 25.3 Å². The maximum absolute atomic E-state index is 12.2. The summed E-state index contributed by atoms with van der Waals surface area (Å²) in [5, 5.41) is 2.93. The first-order valence-electron chi connectivity index (χ1n) is 8.08. The van der Waals surface area contributed by atoms with E-state index in [9.17, 15) is 9.59 Å². The normalized spacial score (nSPS) is 24.0. The highest BCUT2D eigenvalue weighted by molar-refractivity contribution is 5.93. The Morgan fingerprint density at radius 3 is 2.59 bits per heavy atom. The standard InChI is InChI=1S/C17H27N3O2/c1-11-7-12(2)9-20(8-11)10-14(4)19-17(22)15-6-5-13(3)18-16(15)21/h5-6,11-12,14H,7-10H2,1-4H3,(H,18,21)(H,19,22)/t11-,12-,14-/m1/s1. The molecule has 0 aliphatic carbocycles. The lowest BCUT2D eigenvalue weighted by molar-refractivity contribution is 0.0903. The molecule has 3 atom stereocenters. The molecular weight excluding hydrogens is 278 g/mol. The van der Waals surface area contributed by atoms with Crippen LogP contribution in [-0.2, 0) is 0 Å². The third kappa shape index (κ3) is 4.44. The Morgan fingerprint density at radius 2 is 2.00 bits per heavy atom. The molecule has 2 heterocycles. The molecule has 1 aromatic heterocycles. The summed E-state index contributed by atoms with van der Waals surface area (Å²) in [6.07, 6.45) is 1.27. The van der Waals surface area contributed by atoms with Crippen molar-refractivity contribution in [1.82, 2.24) is 15.2 Å². The first-order valence-corrected chi connectivity index (χ1v) is 8.08. The highest BCUT2D eigenvalue weighted by atomic mass is 16.2. The van der Waals surface area contributed by atoms with Gasteiger partial charge in [-0.05, 0) is 44.2 Å². The monoisotopic (exact) mass is 305 g/mol. The topological polar surface area (TPSA) is 65.2 Å². The van der Waals surface area contributed by atoms with Crippen molar-refractivity contribution < 1.29 is 4.79 Å². The molecule has 5 nitrogen and oxygen atoms in total. The van der Waals surface area contributed by atoms with Crippen LogP contribution in [0.3, 0.4) is 0 Å². The zero-order chi connectivity index (χ0) is 16.3. The molecule has 1 amide bonds. The van der Waals surface area contributed by atoms with Crippen molar-refractivity contribution in [3.05, 3.63) is 33.7 Å². The number of hydrogen-bond acceptors (Lipinski definition) is 3. The molecule has 122 valence electrons. The van der Waals surface area contributed by atoms with E-state index in [1.165, 1.54) is 6.42 Å². The van der Waals surface area contributed by atoms with Gasteiger partial charge in [0.25, 0.3) is 11.5 Å². The molecule has 2 rings (SSSR count). The second kappa shape index (κ2) is 7.09. The summed E-state index contributed by atoms with van der Waals surface area (Å²) in [5.74, 6) is 1.10. The van der Waals surface area contributed by atoms with Crippen molar-refractivity contribution in [3.8, 4) is 0 Å². The Balaban J connectivity index is 1.92. The number of nitrogens with zero attached hydrogens (tertiary/aromatic N) is 1. The number of amides is 1. The van der Waals surface area contributed by atoms with Crippen LogP contribution in [0.15, 0.2) is 16.9 Å². The molecule has 2 N–H and O–H groups in total. The molecule has 0 radical (unpaired) electrons. The fraction of sp³-hybridized carbons (Fsp3) is 0.647. The van der Waals surface area contributed by atoms with Crippen LogP contribution >= 0.6 is 0 Å². The molecule has 1 fully saturated rings. The summed E-state index contributed by atoms with van der Waals surface area (Å²) in [6, 6.07) is 3.35. The molecule has 0 aromatic carbocycles. The number of carbonyl (C=O) groups is 1. The number of rotatable bonds is 4. The molecule has 1 saturated heterocycles. The average molecular weight is 305 g/mol. The minimum absolute atomic E-state index is 0.0192. The number of pyridine rings is 1. The summed E-state index contributed by atoms with van der Waals surface area (Å²) < 4.78 is 0. The summed E-state index contributed by atoms with van der Waals surface area (Å²) in [5.41, 5.74) is 0.605. The second-order valence-corrected chi connectivity index (χ2v) is 6.92. The van der Waals surface area contributed by atoms with Crippen molar-refractivity contribution in [2.45, 2.75) is 40.2 Å². The number of likely N-dealkylation sites (tertiary alicyclic amines) is 1. The fourth-order valence-corrected chi connectivity index (χ4v) is 3.43. The largest absolute Gasteiger partial charge is 0.348 e. The molecular formula is C17H27N3O2. The van der Waals surface area contributed by atoms with E-state index in [1.807, 2.05) is 6.92 Å². The SMILES string of the molecule is Cc1ccc(C(=O)N[C@H](C)CN2C[C@H](C)C[C@@H](C)C2)c(=O)[nH]1. The Kier molecular flexibility index (Phi) is 5.40. The molecule has 5 heteroatoms. The Hall–Kier alpha value is -1.62. The molecule has 0 bridgehead atoms. The van der Waals surface area contributed by atoms with Crippen LogP contribution in [0.5, 0.6) is 0 Å². The average Bonchev–Trinajstić information content (AvgIpc) is 2.36. The van der Waals surface area contributed by atoms with E-state index in [4.69, 9.17) is 0 Å². The fourth-order valence-electron chi connectivity index (χ4n) is 3.43. The van der Waals surface area contributed by atoms with Gasteiger partial charge in [0.15, 0.2) is 0 Å². The molecule has 0 spiro atoms. The van der Waals surface area contributed by atoms with Crippen LogP contribution in [-0.4, -0.2) is 41.5 Å². The number of carbonyl (C=O) groups excluding carboxylic acids is 1. The smallest absolute Gasteiger partial charge is 0.260 e. The Morgan fingerprint density at radius 1 is 1.36 bits per heavy atom. The number of aromatic nitrogens is 1. The van der Waals surface area contributed by atoms with Gasteiger partial charge in [-0.2, -0.15) is 0 Å². The lowest BCUT2D eigenvalue weighted by Crippen LogP contribution is -2.47. The van der Waals surface area contributed by atoms with E-state index < -0.39 is 0 Å². The first-order chi connectivity index (χ1) is 10.3. The molecule has 22 heavy (non-hydrogen) atoms. The maximum atomic E-state index is 12.2. The van der Waals surface area contributed by atoms with Gasteiger partial charge in [-0.3, -0.25) is 9.59 Å². The van der Waals surface area contributed by atoms with Crippen molar-refractivity contribution in [1.29, 1.82) is 0 Å². The zero-order valence-corrected chi connectivity index (χ0v) is 14.0. The minimum Gasteiger partial charge on any atom is -0.348 e. The first kappa shape index (κ1) is 16.7. The van der Waals surface area contributed by atoms with E-state index in [1.54, 1.807) is 19.1 Å². The lowest BCUT2D eigenvalue weighted by atomic mass is 9.92. The molecule has 0 saturated carbocycles. The molecule has 1 aliphatic heterocycles. The number of piperidine rings is 1. The van der Waals surface area contributed by atoms with Crippen LogP contribution in [0.2, 0.25) is 0 Å². The van der Waals surface area contributed by atoms with Gasteiger partial charge in [-0.1, -0.05) is 13.8 Å². The van der Waals surface area contributed by atoms with Gasteiger partial charge in [0.1, 0.15) is 5.56 Å². The predicted octanol–water partition coefficient (Wildman–Crippen LogP) is 1.78. The van der Waals surface area contributed by atoms with E-state index in [2.05, 4.69) is 29.0 Å². The van der Waals surface area contributed by atoms with Crippen LogP contribution < -0.4 is 10.9 Å². The van der Waals surface area contributed by atoms with Crippen LogP contribution in [0.4, 0.5) is 0 Å². The third-order valence-corrected chi connectivity index (χ3v) is 4.15. The highest BCUT2D eigenvalue weighted by Gasteiger charge is 2.23. The summed E-state index contributed by atoms with van der Waals surface area (Å²) >= 11 is 0.